The molecule has 0 saturated heterocycles. The van der Waals surface area contributed by atoms with E-state index < -0.39 is 6.98 Å². The SMILES string of the molecule is NB(N)c1c(C2C=CO2)cccc1C1C=CO1. The van der Waals surface area contributed by atoms with E-state index in [2.05, 4.69) is 0 Å². The fourth-order valence-electron chi connectivity index (χ4n) is 2.15. The van der Waals surface area contributed by atoms with E-state index in [1.165, 1.54) is 0 Å². The number of ether oxygens (including phenoxy) is 2. The van der Waals surface area contributed by atoms with Crippen molar-refractivity contribution in [1.82, 2.24) is 0 Å². The van der Waals surface area contributed by atoms with Gasteiger partial charge in [-0.2, -0.15) is 0 Å². The highest BCUT2D eigenvalue weighted by Crippen LogP contribution is 2.30. The Bertz CT molecular complexity index is 461. The molecule has 3 rings (SSSR count). The van der Waals surface area contributed by atoms with E-state index in [0.717, 1.165) is 16.6 Å². The number of hydrogen-bond donors (Lipinski definition) is 2. The van der Waals surface area contributed by atoms with E-state index in [9.17, 15) is 0 Å². The smallest absolute Gasteiger partial charge is 0.336 e. The molecule has 2 aliphatic heterocycles. The van der Waals surface area contributed by atoms with E-state index in [1.807, 2.05) is 30.4 Å². The summed E-state index contributed by atoms with van der Waals surface area (Å²) in [5.41, 5.74) is 14.7. The summed E-state index contributed by atoms with van der Waals surface area (Å²) in [4.78, 5) is 0. The fraction of sp³-hybridized carbons (Fsp3) is 0.167. The third-order valence-electron chi connectivity index (χ3n) is 3.08. The predicted molar refractivity (Wildman–Crippen MR) is 66.1 cm³/mol. The van der Waals surface area contributed by atoms with Crippen LogP contribution in [0, 0.1) is 0 Å². The second kappa shape index (κ2) is 3.94. The van der Waals surface area contributed by atoms with Crippen molar-refractivity contribution in [3.63, 3.8) is 0 Å². The normalized spacial score (nSPS) is 24.4. The predicted octanol–water partition coefficient (Wildman–Crippen LogP) is 0.469. The largest absolute Gasteiger partial charge is 0.489 e. The Labute approximate surface area is 100 Å². The molecule has 2 atom stereocenters. The van der Waals surface area contributed by atoms with E-state index in [0.29, 0.717) is 0 Å². The van der Waals surface area contributed by atoms with Crippen LogP contribution in [0.1, 0.15) is 23.3 Å². The van der Waals surface area contributed by atoms with E-state index in [4.69, 9.17) is 20.8 Å². The number of rotatable bonds is 3. The van der Waals surface area contributed by atoms with Gasteiger partial charge in [0, 0.05) is 0 Å². The molecule has 17 heavy (non-hydrogen) atoms. The van der Waals surface area contributed by atoms with Gasteiger partial charge >= 0.3 is 6.98 Å². The monoisotopic (exact) mass is 228 g/mol. The van der Waals surface area contributed by atoms with Crippen LogP contribution in [0.25, 0.3) is 0 Å². The maximum absolute atomic E-state index is 5.87. The lowest BCUT2D eigenvalue weighted by molar-refractivity contribution is 0.137. The van der Waals surface area contributed by atoms with Crippen LogP contribution in [0.3, 0.4) is 0 Å². The summed E-state index contributed by atoms with van der Waals surface area (Å²) in [5.74, 6) is 0. The van der Waals surface area contributed by atoms with Gasteiger partial charge < -0.3 is 20.8 Å². The van der Waals surface area contributed by atoms with Gasteiger partial charge in [0.05, 0.1) is 12.5 Å². The number of nitrogens with two attached hydrogens (primary N) is 2. The number of hydrogen-bond acceptors (Lipinski definition) is 4. The molecule has 0 aliphatic carbocycles. The molecule has 2 unspecified atom stereocenters. The second-order valence-electron chi connectivity index (χ2n) is 4.15. The molecule has 0 saturated carbocycles. The van der Waals surface area contributed by atoms with Gasteiger partial charge in [0.1, 0.15) is 12.2 Å². The minimum atomic E-state index is -0.531. The summed E-state index contributed by atoms with van der Waals surface area (Å²) in [6, 6.07) is 5.95. The molecule has 0 fully saturated rings. The quantitative estimate of drug-likeness (QED) is 0.737. The van der Waals surface area contributed by atoms with Gasteiger partial charge in [-0.1, -0.05) is 18.2 Å². The summed E-state index contributed by atoms with van der Waals surface area (Å²) in [5, 5.41) is 0. The van der Waals surface area contributed by atoms with Crippen LogP contribution in [-0.4, -0.2) is 6.98 Å². The Morgan fingerprint density at radius 2 is 1.41 bits per heavy atom. The summed E-state index contributed by atoms with van der Waals surface area (Å²) < 4.78 is 10.7. The van der Waals surface area contributed by atoms with E-state index >= 15 is 0 Å². The standard InChI is InChI=1S/C12H13BN2O2/c14-13(15)12-8(10-4-6-16-10)2-1-3-9(12)11-5-7-17-11/h1-7,10-11H,14-15H2. The highest BCUT2D eigenvalue weighted by molar-refractivity contribution is 6.68. The van der Waals surface area contributed by atoms with Gasteiger partial charge in [0.15, 0.2) is 0 Å². The molecule has 0 spiro atoms. The van der Waals surface area contributed by atoms with Crippen molar-refractivity contribution in [1.29, 1.82) is 0 Å². The minimum absolute atomic E-state index is 0.0383. The zero-order valence-electron chi connectivity index (χ0n) is 9.24. The molecule has 2 heterocycles. The third-order valence-corrected chi connectivity index (χ3v) is 3.08. The molecule has 1 aromatic rings. The molecule has 5 heteroatoms. The summed E-state index contributed by atoms with van der Waals surface area (Å²) >= 11 is 0. The van der Waals surface area contributed by atoms with Crippen molar-refractivity contribution in [2.45, 2.75) is 12.2 Å². The maximum Gasteiger partial charge on any atom is 0.336 e. The Morgan fingerprint density at radius 1 is 0.941 bits per heavy atom. The Hall–Kier alpha value is -1.72. The van der Waals surface area contributed by atoms with Crippen molar-refractivity contribution < 1.29 is 9.47 Å². The molecule has 2 aliphatic rings. The van der Waals surface area contributed by atoms with Gasteiger partial charge in [0.2, 0.25) is 0 Å². The average Bonchev–Trinajstić information content (AvgIpc) is 2.11. The van der Waals surface area contributed by atoms with Crippen molar-refractivity contribution in [2.24, 2.45) is 11.3 Å². The molecule has 86 valence electrons. The molecule has 0 amide bonds. The van der Waals surface area contributed by atoms with Gasteiger partial charge in [0.25, 0.3) is 0 Å². The first-order valence-electron chi connectivity index (χ1n) is 5.55. The van der Waals surface area contributed by atoms with Gasteiger partial charge in [-0.3, -0.25) is 0 Å². The molecular formula is C12H13BN2O2. The van der Waals surface area contributed by atoms with Crippen LogP contribution in [0.15, 0.2) is 42.9 Å². The van der Waals surface area contributed by atoms with E-state index in [1.54, 1.807) is 12.5 Å². The molecule has 0 radical (unpaired) electrons. The van der Waals surface area contributed by atoms with Crippen LogP contribution in [0.4, 0.5) is 0 Å². The Balaban J connectivity index is 2.08. The van der Waals surface area contributed by atoms with Crippen molar-refractivity contribution in [2.75, 3.05) is 0 Å². The lowest BCUT2D eigenvalue weighted by Crippen LogP contribution is -2.53. The van der Waals surface area contributed by atoms with Crippen LogP contribution in [0.2, 0.25) is 0 Å². The van der Waals surface area contributed by atoms with Crippen molar-refractivity contribution in [3.05, 3.63) is 54.0 Å². The molecular weight excluding hydrogens is 215 g/mol. The molecule has 4 nitrogen and oxygen atoms in total. The van der Waals surface area contributed by atoms with Gasteiger partial charge in [-0.15, -0.1) is 0 Å². The van der Waals surface area contributed by atoms with Crippen LogP contribution >= 0.6 is 0 Å². The first kappa shape index (κ1) is 10.4. The summed E-state index contributed by atoms with van der Waals surface area (Å²) in [6.45, 7) is -0.531. The second-order valence-corrected chi connectivity index (χ2v) is 4.15. The van der Waals surface area contributed by atoms with E-state index in [-0.39, 0.29) is 12.2 Å². The summed E-state index contributed by atoms with van der Waals surface area (Å²) in [7, 11) is 0. The van der Waals surface area contributed by atoms with Crippen LogP contribution < -0.4 is 16.8 Å². The van der Waals surface area contributed by atoms with Crippen LogP contribution in [-0.2, 0) is 9.47 Å². The molecule has 0 bridgehead atoms. The fourth-order valence-corrected chi connectivity index (χ4v) is 2.15. The minimum Gasteiger partial charge on any atom is -0.489 e. The lowest BCUT2D eigenvalue weighted by Gasteiger charge is -2.28. The first-order chi connectivity index (χ1) is 8.27. The topological polar surface area (TPSA) is 70.5 Å². The Morgan fingerprint density at radius 3 is 1.71 bits per heavy atom. The number of benzene rings is 1. The molecule has 1 aromatic carbocycles. The van der Waals surface area contributed by atoms with Crippen molar-refractivity contribution >= 4 is 12.4 Å². The van der Waals surface area contributed by atoms with Gasteiger partial charge in [-0.05, 0) is 28.7 Å². The van der Waals surface area contributed by atoms with Crippen molar-refractivity contribution in [3.8, 4) is 0 Å². The Kier molecular flexibility index (Phi) is 2.42. The average molecular weight is 228 g/mol. The van der Waals surface area contributed by atoms with Crippen LogP contribution in [0.5, 0.6) is 0 Å². The first-order valence-corrected chi connectivity index (χ1v) is 5.55. The molecule has 4 N–H and O–H groups in total. The third kappa shape index (κ3) is 1.64. The zero-order chi connectivity index (χ0) is 11.8. The lowest BCUT2D eigenvalue weighted by atomic mass is 9.65. The highest BCUT2D eigenvalue weighted by atomic mass is 16.5. The zero-order valence-corrected chi connectivity index (χ0v) is 9.24. The highest BCUT2D eigenvalue weighted by Gasteiger charge is 2.28. The summed E-state index contributed by atoms with van der Waals surface area (Å²) in [6.07, 6.45) is 7.21. The maximum atomic E-state index is 5.87. The van der Waals surface area contributed by atoms with Gasteiger partial charge in [-0.25, -0.2) is 0 Å². The molecule has 0 aromatic heterocycles.